The number of ether oxygens (including phenoxy) is 3. The van der Waals surface area contributed by atoms with Gasteiger partial charge in [-0.05, 0) is 37.2 Å². The van der Waals surface area contributed by atoms with Gasteiger partial charge >= 0.3 is 11.9 Å². The zero-order valence-electron chi connectivity index (χ0n) is 21.0. The molecule has 2 saturated heterocycles. The molecule has 36 heavy (non-hydrogen) atoms. The van der Waals surface area contributed by atoms with Crippen LogP contribution in [0.15, 0.2) is 23.0 Å². The number of cyclic esters (lactones) is 1. The number of furan rings is 1. The highest BCUT2D eigenvalue weighted by molar-refractivity contribution is 5.74. The molecule has 196 valence electrons. The maximum atomic E-state index is 13.2. The van der Waals surface area contributed by atoms with Gasteiger partial charge in [0.25, 0.3) is 0 Å². The Morgan fingerprint density at radius 1 is 1.25 bits per heavy atom. The van der Waals surface area contributed by atoms with Crippen LogP contribution in [0.25, 0.3) is 0 Å². The van der Waals surface area contributed by atoms with Crippen molar-refractivity contribution in [2.45, 2.75) is 88.0 Å². The van der Waals surface area contributed by atoms with E-state index in [1.807, 2.05) is 20.8 Å². The number of rotatable bonds is 3. The first-order valence-corrected chi connectivity index (χ1v) is 12.9. The largest absolute Gasteiger partial charge is 0.472 e. The van der Waals surface area contributed by atoms with Gasteiger partial charge in [-0.25, -0.2) is 0 Å². The zero-order valence-corrected chi connectivity index (χ0v) is 21.0. The molecule has 7 rings (SSSR count). The molecule has 0 unspecified atom stereocenters. The molecule has 6 aliphatic rings. The lowest BCUT2D eigenvalue weighted by Gasteiger charge is -2.63. The average Bonchev–Trinajstić information content (AvgIpc) is 3.50. The van der Waals surface area contributed by atoms with Crippen LogP contribution in [0.2, 0.25) is 0 Å². The molecule has 9 heteroatoms. The Morgan fingerprint density at radius 3 is 2.67 bits per heavy atom. The lowest BCUT2D eigenvalue weighted by molar-refractivity contribution is -0.298. The van der Waals surface area contributed by atoms with Crippen LogP contribution in [-0.4, -0.2) is 63.4 Å². The van der Waals surface area contributed by atoms with Gasteiger partial charge in [0.1, 0.15) is 17.3 Å². The fourth-order valence-electron chi connectivity index (χ4n) is 10.8. The third kappa shape index (κ3) is 2.01. The van der Waals surface area contributed by atoms with Crippen molar-refractivity contribution >= 4 is 11.9 Å². The van der Waals surface area contributed by atoms with Crippen molar-refractivity contribution in [3.05, 3.63) is 24.2 Å². The highest BCUT2D eigenvalue weighted by atomic mass is 16.6. The predicted octanol–water partition coefficient (Wildman–Crippen LogP) is 1.88. The minimum Gasteiger partial charge on any atom is -0.472 e. The smallest absolute Gasteiger partial charge is 0.309 e. The third-order valence-electron chi connectivity index (χ3n) is 12.2. The number of carbonyl (C=O) groups is 2. The number of aliphatic hydroxyl groups excluding tert-OH is 1. The maximum absolute atomic E-state index is 13.2. The van der Waals surface area contributed by atoms with Gasteiger partial charge in [-0.3, -0.25) is 9.59 Å². The molecule has 0 aromatic carbocycles. The normalized spacial score (nSPS) is 57.9. The Labute approximate surface area is 209 Å². The number of methoxy groups -OCH3 is 1. The first-order chi connectivity index (χ1) is 16.8. The molecule has 1 aromatic heterocycles. The summed E-state index contributed by atoms with van der Waals surface area (Å²) in [6, 6.07) is 1.76. The van der Waals surface area contributed by atoms with Crippen molar-refractivity contribution in [3.63, 3.8) is 0 Å². The van der Waals surface area contributed by atoms with Crippen molar-refractivity contribution in [2.75, 3.05) is 7.11 Å². The fraction of sp³-hybridized carbons (Fsp3) is 0.778. The highest BCUT2D eigenvalue weighted by Crippen LogP contribution is 2.85. The van der Waals surface area contributed by atoms with Crippen LogP contribution in [0.5, 0.6) is 0 Å². The van der Waals surface area contributed by atoms with E-state index >= 15 is 0 Å². The number of hydrogen-bond acceptors (Lipinski definition) is 9. The Balaban J connectivity index is 1.47. The van der Waals surface area contributed by atoms with E-state index < -0.39 is 81.1 Å². The first kappa shape index (κ1) is 23.2. The summed E-state index contributed by atoms with van der Waals surface area (Å²) in [7, 11) is 1.34. The maximum Gasteiger partial charge on any atom is 0.309 e. The molecule has 2 bridgehead atoms. The molecule has 0 amide bonds. The van der Waals surface area contributed by atoms with Crippen molar-refractivity contribution < 1.29 is 43.5 Å². The summed E-state index contributed by atoms with van der Waals surface area (Å²) in [4.78, 5) is 25.8. The van der Waals surface area contributed by atoms with Gasteiger partial charge < -0.3 is 33.9 Å². The lowest BCUT2D eigenvalue weighted by Crippen LogP contribution is -2.72. The number of esters is 2. The quantitative estimate of drug-likeness (QED) is 0.529. The number of aliphatic hydroxyl groups is 3. The van der Waals surface area contributed by atoms with Crippen LogP contribution < -0.4 is 0 Å². The van der Waals surface area contributed by atoms with E-state index in [2.05, 4.69) is 0 Å². The molecule has 12 atom stereocenters. The van der Waals surface area contributed by atoms with E-state index in [0.717, 1.165) is 0 Å². The zero-order chi connectivity index (χ0) is 25.7. The Morgan fingerprint density at radius 2 is 2.00 bits per heavy atom. The molecule has 6 fully saturated rings. The minimum atomic E-state index is -1.60. The van der Waals surface area contributed by atoms with Crippen LogP contribution in [0, 0.1) is 34.0 Å². The molecule has 4 saturated carbocycles. The molecule has 1 aromatic rings. The molecule has 1 spiro atoms. The summed E-state index contributed by atoms with van der Waals surface area (Å²) in [5.74, 6) is -2.59. The molecule has 9 nitrogen and oxygen atoms in total. The second kappa shape index (κ2) is 6.37. The van der Waals surface area contributed by atoms with Crippen LogP contribution in [0.1, 0.15) is 64.5 Å². The molecule has 3 N–H and O–H groups in total. The summed E-state index contributed by atoms with van der Waals surface area (Å²) in [5.41, 5.74) is -6.24. The van der Waals surface area contributed by atoms with Gasteiger partial charge in [0.15, 0.2) is 0 Å². The first-order valence-electron chi connectivity index (χ1n) is 12.9. The van der Waals surface area contributed by atoms with Gasteiger partial charge in [0.2, 0.25) is 0 Å². The Kier molecular flexibility index (Phi) is 4.10. The number of hydrogen-bond donors (Lipinski definition) is 3. The average molecular weight is 503 g/mol. The van der Waals surface area contributed by atoms with Gasteiger partial charge in [0.05, 0.1) is 43.9 Å². The molecule has 4 aliphatic carbocycles. The van der Waals surface area contributed by atoms with Crippen LogP contribution in [0.3, 0.4) is 0 Å². The third-order valence-corrected chi connectivity index (χ3v) is 12.2. The molecule has 2 aliphatic heterocycles. The van der Waals surface area contributed by atoms with E-state index in [0.29, 0.717) is 18.4 Å². The molecular weight excluding hydrogens is 468 g/mol. The summed E-state index contributed by atoms with van der Waals surface area (Å²) < 4.78 is 23.1. The van der Waals surface area contributed by atoms with E-state index in [1.54, 1.807) is 12.3 Å². The topological polar surface area (TPSA) is 136 Å². The molecular formula is C27H34O9. The second-order valence-corrected chi connectivity index (χ2v) is 13.0. The minimum absolute atomic E-state index is 0.0266. The predicted molar refractivity (Wildman–Crippen MR) is 121 cm³/mol. The SMILES string of the molecule is COC(=O)C[C@H]1[C@]2(C)C[C@]3(O)[C@H]4[C@@H](O[C@]56CC(=O)O[C@@H](c7ccoc7)[C@]5(C)CC[C@H]([C@]13C)[C@]46O)[C@H]2O. The van der Waals surface area contributed by atoms with E-state index in [4.69, 9.17) is 18.6 Å². The molecule has 0 radical (unpaired) electrons. The summed E-state index contributed by atoms with van der Waals surface area (Å²) >= 11 is 0. The van der Waals surface area contributed by atoms with Crippen LogP contribution >= 0.6 is 0 Å². The summed E-state index contributed by atoms with van der Waals surface area (Å²) in [5, 5.41) is 37.4. The summed E-state index contributed by atoms with van der Waals surface area (Å²) in [6.07, 6.45) is 1.64. The summed E-state index contributed by atoms with van der Waals surface area (Å²) in [6.45, 7) is 5.85. The van der Waals surface area contributed by atoms with Gasteiger partial charge in [-0.15, -0.1) is 0 Å². The lowest BCUT2D eigenvalue weighted by atomic mass is 9.45. The second-order valence-electron chi connectivity index (χ2n) is 13.0. The van der Waals surface area contributed by atoms with Crippen molar-refractivity contribution in [1.82, 2.24) is 0 Å². The van der Waals surface area contributed by atoms with Gasteiger partial charge in [-0.1, -0.05) is 20.8 Å². The van der Waals surface area contributed by atoms with E-state index in [-0.39, 0.29) is 19.3 Å². The van der Waals surface area contributed by atoms with E-state index in [9.17, 15) is 24.9 Å². The van der Waals surface area contributed by atoms with Gasteiger partial charge in [-0.2, -0.15) is 0 Å². The number of carbonyl (C=O) groups excluding carboxylic acids is 2. The highest BCUT2D eigenvalue weighted by Gasteiger charge is 2.94. The monoisotopic (exact) mass is 502 g/mol. The van der Waals surface area contributed by atoms with Crippen molar-refractivity contribution in [3.8, 4) is 0 Å². The van der Waals surface area contributed by atoms with Crippen molar-refractivity contribution in [2.24, 2.45) is 34.0 Å². The van der Waals surface area contributed by atoms with Crippen LogP contribution in [-0.2, 0) is 23.8 Å². The van der Waals surface area contributed by atoms with Gasteiger partial charge in [0, 0.05) is 34.1 Å². The number of fused-ring (bicyclic) bond motifs is 2. The van der Waals surface area contributed by atoms with Crippen LogP contribution in [0.4, 0.5) is 0 Å². The molecule has 3 heterocycles. The Hall–Kier alpha value is -1.94. The fourth-order valence-corrected chi connectivity index (χ4v) is 10.8. The van der Waals surface area contributed by atoms with E-state index in [1.165, 1.54) is 13.4 Å². The van der Waals surface area contributed by atoms with Crippen molar-refractivity contribution in [1.29, 1.82) is 0 Å². The standard InChI is InChI=1S/C27H34O9/c1-22-12-25(31)19-18(20(22)30)36-26-10-17(29)35-21(13-6-8-34-11-13)23(26,2)7-5-14(27(19,26)32)24(25,3)15(22)9-16(28)33-4/h6,8,11,14-15,18-21,30-32H,5,7,9-10,12H2,1-4H3/t14-,15+,18-,19-,20-,21+,22+,23+,24-,25+,26-,27+/m1/s1. The Bertz CT molecular complexity index is 1170.